The molecule has 1 aromatic carbocycles. The second-order valence-electron chi connectivity index (χ2n) is 5.10. The van der Waals surface area contributed by atoms with E-state index < -0.39 is 0 Å². The Kier molecular flexibility index (Phi) is 9.00. The molecular formula is C16H22BrFO2S. The minimum absolute atomic E-state index is 0.177. The summed E-state index contributed by atoms with van der Waals surface area (Å²) in [6, 6.07) is 4.97. The summed E-state index contributed by atoms with van der Waals surface area (Å²) in [6.45, 7) is 4.75. The number of esters is 1. The van der Waals surface area contributed by atoms with Crippen LogP contribution in [0.25, 0.3) is 0 Å². The molecule has 0 bridgehead atoms. The van der Waals surface area contributed by atoms with Crippen molar-refractivity contribution in [3.8, 4) is 0 Å². The molecule has 0 saturated carbocycles. The average Bonchev–Trinajstić information content (AvgIpc) is 2.46. The predicted molar refractivity (Wildman–Crippen MR) is 89.1 cm³/mol. The lowest BCUT2D eigenvalue weighted by molar-refractivity contribution is -0.144. The second kappa shape index (κ2) is 10.2. The van der Waals surface area contributed by atoms with Crippen molar-refractivity contribution in [1.82, 2.24) is 0 Å². The summed E-state index contributed by atoms with van der Waals surface area (Å²) in [5, 5.41) is 0. The van der Waals surface area contributed by atoms with Gasteiger partial charge >= 0.3 is 5.97 Å². The molecule has 0 aliphatic carbocycles. The van der Waals surface area contributed by atoms with Crippen LogP contribution in [-0.2, 0) is 9.53 Å². The first-order valence-electron chi connectivity index (χ1n) is 7.26. The highest BCUT2D eigenvalue weighted by Crippen LogP contribution is 2.24. The van der Waals surface area contributed by atoms with Crippen LogP contribution in [-0.4, -0.2) is 18.3 Å². The van der Waals surface area contributed by atoms with Crippen LogP contribution >= 0.6 is 27.7 Å². The summed E-state index contributed by atoms with van der Waals surface area (Å²) in [4.78, 5) is 12.4. The van der Waals surface area contributed by atoms with Gasteiger partial charge in [-0.1, -0.05) is 26.7 Å². The van der Waals surface area contributed by atoms with Gasteiger partial charge in [-0.3, -0.25) is 4.79 Å². The van der Waals surface area contributed by atoms with Crippen LogP contribution in [0.2, 0.25) is 0 Å². The standard InChI is InChI=1S/C16H22BrFO2S/c1-3-4-5-12(2)11-20-16(19)8-9-21-13-6-7-14(17)15(18)10-13/h6-7,10,12H,3-5,8-9,11H2,1-2H3. The van der Waals surface area contributed by atoms with Crippen molar-refractivity contribution in [2.75, 3.05) is 12.4 Å². The van der Waals surface area contributed by atoms with E-state index in [4.69, 9.17) is 4.74 Å². The van der Waals surface area contributed by atoms with Gasteiger partial charge in [0.15, 0.2) is 0 Å². The van der Waals surface area contributed by atoms with E-state index in [9.17, 15) is 9.18 Å². The van der Waals surface area contributed by atoms with E-state index in [1.807, 2.05) is 6.07 Å². The first-order chi connectivity index (χ1) is 10.0. The molecule has 1 unspecified atom stereocenters. The van der Waals surface area contributed by atoms with Crippen LogP contribution in [0.3, 0.4) is 0 Å². The second-order valence-corrected chi connectivity index (χ2v) is 7.13. The van der Waals surface area contributed by atoms with E-state index in [1.165, 1.54) is 30.7 Å². The van der Waals surface area contributed by atoms with Crippen molar-refractivity contribution in [2.45, 2.75) is 44.4 Å². The van der Waals surface area contributed by atoms with Gasteiger partial charge in [-0.15, -0.1) is 11.8 Å². The van der Waals surface area contributed by atoms with Crippen LogP contribution in [0.1, 0.15) is 39.5 Å². The van der Waals surface area contributed by atoms with E-state index in [-0.39, 0.29) is 11.8 Å². The average molecular weight is 377 g/mol. The first kappa shape index (κ1) is 18.5. The first-order valence-corrected chi connectivity index (χ1v) is 9.04. The summed E-state index contributed by atoms with van der Waals surface area (Å²) >= 11 is 4.57. The van der Waals surface area contributed by atoms with Gasteiger partial charge in [0.25, 0.3) is 0 Å². The van der Waals surface area contributed by atoms with Crippen LogP contribution in [0.4, 0.5) is 4.39 Å². The fourth-order valence-corrected chi connectivity index (χ4v) is 2.86. The van der Waals surface area contributed by atoms with Crippen molar-refractivity contribution in [2.24, 2.45) is 5.92 Å². The largest absolute Gasteiger partial charge is 0.465 e. The molecule has 5 heteroatoms. The molecule has 1 aromatic rings. The van der Waals surface area contributed by atoms with Crippen LogP contribution < -0.4 is 0 Å². The summed E-state index contributed by atoms with van der Waals surface area (Å²) in [5.74, 6) is 0.557. The number of halogens is 2. The van der Waals surface area contributed by atoms with Gasteiger partial charge in [0.2, 0.25) is 0 Å². The number of hydrogen-bond donors (Lipinski definition) is 0. The Morgan fingerprint density at radius 3 is 2.90 bits per heavy atom. The maximum absolute atomic E-state index is 13.3. The number of carbonyl (C=O) groups excluding carboxylic acids is 1. The topological polar surface area (TPSA) is 26.3 Å². The Hall–Kier alpha value is -0.550. The van der Waals surface area contributed by atoms with E-state index in [2.05, 4.69) is 29.8 Å². The number of thioether (sulfide) groups is 1. The molecule has 21 heavy (non-hydrogen) atoms. The number of hydrogen-bond acceptors (Lipinski definition) is 3. The fourth-order valence-electron chi connectivity index (χ4n) is 1.76. The van der Waals surface area contributed by atoms with E-state index in [0.717, 1.165) is 11.3 Å². The molecule has 0 N–H and O–H groups in total. The molecular weight excluding hydrogens is 355 g/mol. The molecule has 118 valence electrons. The Morgan fingerprint density at radius 1 is 1.48 bits per heavy atom. The van der Waals surface area contributed by atoms with Gasteiger partial charge in [0.1, 0.15) is 5.82 Å². The summed E-state index contributed by atoms with van der Waals surface area (Å²) in [5.41, 5.74) is 0. The summed E-state index contributed by atoms with van der Waals surface area (Å²) in [6.07, 6.45) is 3.78. The molecule has 0 aliphatic heterocycles. The fraction of sp³-hybridized carbons (Fsp3) is 0.562. The minimum Gasteiger partial charge on any atom is -0.465 e. The third-order valence-electron chi connectivity index (χ3n) is 3.05. The minimum atomic E-state index is -0.285. The molecule has 0 spiro atoms. The monoisotopic (exact) mass is 376 g/mol. The number of carbonyl (C=O) groups is 1. The zero-order chi connectivity index (χ0) is 15.7. The van der Waals surface area contributed by atoms with E-state index >= 15 is 0 Å². The van der Waals surface area contributed by atoms with Crippen molar-refractivity contribution >= 4 is 33.7 Å². The van der Waals surface area contributed by atoms with Crippen LogP contribution in [0, 0.1) is 11.7 Å². The number of rotatable bonds is 9. The van der Waals surface area contributed by atoms with Gasteiger partial charge in [0, 0.05) is 10.6 Å². The highest BCUT2D eigenvalue weighted by molar-refractivity contribution is 9.10. The lowest BCUT2D eigenvalue weighted by Gasteiger charge is -2.11. The number of unbranched alkanes of at least 4 members (excludes halogenated alkanes) is 1. The maximum atomic E-state index is 13.3. The van der Waals surface area contributed by atoms with Gasteiger partial charge < -0.3 is 4.74 Å². The quantitative estimate of drug-likeness (QED) is 0.423. The number of ether oxygens (including phenoxy) is 1. The summed E-state index contributed by atoms with van der Waals surface area (Å²) in [7, 11) is 0. The maximum Gasteiger partial charge on any atom is 0.306 e. The molecule has 0 fully saturated rings. The Balaban J connectivity index is 2.19. The third-order valence-corrected chi connectivity index (χ3v) is 4.68. The molecule has 0 heterocycles. The SMILES string of the molecule is CCCCC(C)COC(=O)CCSc1ccc(Br)c(F)c1. The number of benzene rings is 1. The zero-order valence-electron chi connectivity index (χ0n) is 12.5. The predicted octanol–water partition coefficient (Wildman–Crippen LogP) is 5.44. The van der Waals surface area contributed by atoms with Crippen molar-refractivity contribution < 1.29 is 13.9 Å². The van der Waals surface area contributed by atoms with Gasteiger partial charge in [-0.05, 0) is 46.5 Å². The highest BCUT2D eigenvalue weighted by Gasteiger charge is 2.08. The normalized spacial score (nSPS) is 12.2. The lowest BCUT2D eigenvalue weighted by atomic mass is 10.1. The molecule has 0 aliphatic rings. The molecule has 0 saturated heterocycles. The Bertz CT molecular complexity index is 454. The van der Waals surface area contributed by atoms with Crippen LogP contribution in [0.5, 0.6) is 0 Å². The zero-order valence-corrected chi connectivity index (χ0v) is 14.9. The molecule has 1 atom stereocenters. The van der Waals surface area contributed by atoms with Crippen molar-refractivity contribution in [1.29, 1.82) is 0 Å². The van der Waals surface area contributed by atoms with Crippen molar-refractivity contribution in [3.63, 3.8) is 0 Å². The Labute approximate surface area is 139 Å². The van der Waals surface area contributed by atoms with Gasteiger partial charge in [0.05, 0.1) is 17.5 Å². The van der Waals surface area contributed by atoms with E-state index in [0.29, 0.717) is 29.2 Å². The highest BCUT2D eigenvalue weighted by atomic mass is 79.9. The Morgan fingerprint density at radius 2 is 2.24 bits per heavy atom. The van der Waals surface area contributed by atoms with Gasteiger partial charge in [-0.25, -0.2) is 4.39 Å². The molecule has 0 aromatic heterocycles. The molecule has 0 amide bonds. The molecule has 1 rings (SSSR count). The summed E-state index contributed by atoms with van der Waals surface area (Å²) < 4.78 is 19.0. The van der Waals surface area contributed by atoms with Gasteiger partial charge in [-0.2, -0.15) is 0 Å². The molecule has 2 nitrogen and oxygen atoms in total. The lowest BCUT2D eigenvalue weighted by Crippen LogP contribution is -2.12. The van der Waals surface area contributed by atoms with E-state index in [1.54, 1.807) is 6.07 Å². The smallest absolute Gasteiger partial charge is 0.306 e. The molecule has 0 radical (unpaired) electrons. The van der Waals surface area contributed by atoms with Crippen molar-refractivity contribution in [3.05, 3.63) is 28.5 Å². The van der Waals surface area contributed by atoms with Crippen LogP contribution in [0.15, 0.2) is 27.6 Å². The third kappa shape index (κ3) is 7.86.